The van der Waals surface area contributed by atoms with E-state index in [1.54, 1.807) is 7.11 Å². The van der Waals surface area contributed by atoms with Gasteiger partial charge in [0.25, 0.3) is 0 Å². The molecule has 140 valence electrons. The Labute approximate surface area is 163 Å². The molecule has 0 aliphatic carbocycles. The average Bonchev–Trinajstić information content (AvgIpc) is 3.05. The summed E-state index contributed by atoms with van der Waals surface area (Å²) >= 11 is 1.37. The number of rotatable bonds is 7. The molecule has 2 aromatic carbocycles. The molecule has 0 spiro atoms. The highest BCUT2D eigenvalue weighted by atomic mass is 32.2. The molecule has 0 saturated heterocycles. The minimum atomic E-state index is -0.0636. The zero-order valence-electron chi connectivity index (χ0n) is 15.6. The summed E-state index contributed by atoms with van der Waals surface area (Å²) in [6, 6.07) is 15.7. The molecular weight excluding hydrogens is 360 g/mol. The zero-order chi connectivity index (χ0) is 19.2. The number of hydrogen-bond acceptors (Lipinski definition) is 5. The SMILES string of the molecule is COc1ccccc1CNC(=O)CSc1nnc(-c2ccccc2C)n1C. The van der Waals surface area contributed by atoms with Gasteiger partial charge in [-0.05, 0) is 18.6 Å². The van der Waals surface area contributed by atoms with E-state index in [0.717, 1.165) is 28.3 Å². The van der Waals surface area contributed by atoms with Gasteiger partial charge in [0.1, 0.15) is 5.75 Å². The summed E-state index contributed by atoms with van der Waals surface area (Å²) in [6.07, 6.45) is 0. The van der Waals surface area contributed by atoms with Gasteiger partial charge >= 0.3 is 0 Å². The molecule has 3 aromatic rings. The van der Waals surface area contributed by atoms with Crippen molar-refractivity contribution in [1.82, 2.24) is 20.1 Å². The molecule has 0 radical (unpaired) electrons. The number of methoxy groups -OCH3 is 1. The molecule has 0 aliphatic heterocycles. The molecule has 1 amide bonds. The molecule has 1 aromatic heterocycles. The molecule has 6 nitrogen and oxygen atoms in total. The zero-order valence-corrected chi connectivity index (χ0v) is 16.4. The minimum Gasteiger partial charge on any atom is -0.496 e. The largest absolute Gasteiger partial charge is 0.496 e. The van der Waals surface area contributed by atoms with Gasteiger partial charge in [0.05, 0.1) is 12.9 Å². The summed E-state index contributed by atoms with van der Waals surface area (Å²) in [5.41, 5.74) is 3.12. The van der Waals surface area contributed by atoms with Crippen LogP contribution >= 0.6 is 11.8 Å². The summed E-state index contributed by atoms with van der Waals surface area (Å²) in [5, 5.41) is 12.1. The molecule has 0 aliphatic rings. The molecular formula is C20H22N4O2S. The summed E-state index contributed by atoms with van der Waals surface area (Å²) < 4.78 is 7.22. The van der Waals surface area contributed by atoms with E-state index in [4.69, 9.17) is 4.74 Å². The Morgan fingerprint density at radius 3 is 2.67 bits per heavy atom. The van der Waals surface area contributed by atoms with Crippen LogP contribution in [-0.2, 0) is 18.4 Å². The monoisotopic (exact) mass is 382 g/mol. The number of aromatic nitrogens is 3. The second-order valence-corrected chi connectivity index (χ2v) is 7.00. The Morgan fingerprint density at radius 2 is 1.89 bits per heavy atom. The molecule has 0 unspecified atom stereocenters. The first kappa shape index (κ1) is 19.0. The maximum absolute atomic E-state index is 12.2. The van der Waals surface area contributed by atoms with Crippen LogP contribution in [0, 0.1) is 6.92 Å². The van der Waals surface area contributed by atoms with Crippen molar-refractivity contribution < 1.29 is 9.53 Å². The van der Waals surface area contributed by atoms with Gasteiger partial charge in [-0.25, -0.2) is 0 Å². The van der Waals surface area contributed by atoms with Crippen LogP contribution in [0.4, 0.5) is 0 Å². The molecule has 27 heavy (non-hydrogen) atoms. The van der Waals surface area contributed by atoms with Crippen LogP contribution in [0.1, 0.15) is 11.1 Å². The molecule has 3 rings (SSSR count). The highest BCUT2D eigenvalue weighted by Crippen LogP contribution is 2.25. The molecule has 0 atom stereocenters. The number of thioether (sulfide) groups is 1. The van der Waals surface area contributed by atoms with Gasteiger partial charge in [0, 0.05) is 24.7 Å². The van der Waals surface area contributed by atoms with E-state index in [-0.39, 0.29) is 11.7 Å². The fourth-order valence-electron chi connectivity index (χ4n) is 2.72. The van der Waals surface area contributed by atoms with Crippen molar-refractivity contribution >= 4 is 17.7 Å². The fraction of sp³-hybridized carbons (Fsp3) is 0.250. The Morgan fingerprint density at radius 1 is 1.15 bits per heavy atom. The third kappa shape index (κ3) is 4.49. The van der Waals surface area contributed by atoms with E-state index in [9.17, 15) is 4.79 Å². The van der Waals surface area contributed by atoms with Crippen LogP contribution < -0.4 is 10.1 Å². The Hall–Kier alpha value is -2.80. The van der Waals surface area contributed by atoms with Gasteiger partial charge in [-0.1, -0.05) is 54.2 Å². The van der Waals surface area contributed by atoms with Crippen LogP contribution in [0.3, 0.4) is 0 Å². The lowest BCUT2D eigenvalue weighted by Gasteiger charge is -2.09. The Kier molecular flexibility index (Phi) is 6.13. The van der Waals surface area contributed by atoms with E-state index < -0.39 is 0 Å². The second kappa shape index (κ2) is 8.73. The number of carbonyl (C=O) groups is 1. The van der Waals surface area contributed by atoms with Gasteiger partial charge in [-0.15, -0.1) is 10.2 Å². The number of para-hydroxylation sites is 1. The average molecular weight is 382 g/mol. The van der Waals surface area contributed by atoms with E-state index in [1.807, 2.05) is 67.1 Å². The van der Waals surface area contributed by atoms with Crippen LogP contribution in [0.15, 0.2) is 53.7 Å². The van der Waals surface area contributed by atoms with Gasteiger partial charge < -0.3 is 14.6 Å². The number of amides is 1. The lowest BCUT2D eigenvalue weighted by atomic mass is 10.1. The van der Waals surface area contributed by atoms with Crippen LogP contribution in [0.5, 0.6) is 5.75 Å². The number of nitrogens with zero attached hydrogens (tertiary/aromatic N) is 3. The smallest absolute Gasteiger partial charge is 0.230 e. The number of benzene rings is 2. The van der Waals surface area contributed by atoms with E-state index in [0.29, 0.717) is 11.7 Å². The first-order chi connectivity index (χ1) is 13.1. The van der Waals surface area contributed by atoms with Gasteiger partial charge in [-0.3, -0.25) is 4.79 Å². The Bertz CT molecular complexity index is 939. The van der Waals surface area contributed by atoms with Crippen LogP contribution in [0.2, 0.25) is 0 Å². The van der Waals surface area contributed by atoms with Crippen LogP contribution in [-0.4, -0.2) is 33.5 Å². The van der Waals surface area contributed by atoms with Crippen molar-refractivity contribution in [2.24, 2.45) is 7.05 Å². The number of aryl methyl sites for hydroxylation is 1. The highest BCUT2D eigenvalue weighted by Gasteiger charge is 2.14. The maximum Gasteiger partial charge on any atom is 0.230 e. The van der Waals surface area contributed by atoms with Crippen molar-refractivity contribution in [2.45, 2.75) is 18.6 Å². The van der Waals surface area contributed by atoms with Crippen molar-refractivity contribution in [2.75, 3.05) is 12.9 Å². The quantitative estimate of drug-likeness (QED) is 0.636. The highest BCUT2D eigenvalue weighted by molar-refractivity contribution is 7.99. The normalized spacial score (nSPS) is 10.6. The van der Waals surface area contributed by atoms with E-state index in [1.165, 1.54) is 11.8 Å². The Balaban J connectivity index is 1.59. The molecule has 0 fully saturated rings. The maximum atomic E-state index is 12.2. The summed E-state index contributed by atoms with van der Waals surface area (Å²) in [5.74, 6) is 1.77. The lowest BCUT2D eigenvalue weighted by Crippen LogP contribution is -2.25. The third-order valence-corrected chi connectivity index (χ3v) is 5.24. The molecule has 7 heteroatoms. The topological polar surface area (TPSA) is 69.0 Å². The minimum absolute atomic E-state index is 0.0636. The van der Waals surface area contributed by atoms with Gasteiger partial charge in [-0.2, -0.15) is 0 Å². The van der Waals surface area contributed by atoms with Crippen molar-refractivity contribution in [3.05, 3.63) is 59.7 Å². The first-order valence-corrected chi connectivity index (χ1v) is 9.55. The van der Waals surface area contributed by atoms with Crippen molar-refractivity contribution in [3.8, 4) is 17.1 Å². The van der Waals surface area contributed by atoms with Gasteiger partial charge in [0.15, 0.2) is 11.0 Å². The standard InChI is InChI=1S/C20H22N4O2S/c1-14-8-4-6-10-16(14)19-22-23-20(24(19)2)27-13-18(25)21-12-15-9-5-7-11-17(15)26-3/h4-11H,12-13H2,1-3H3,(H,21,25). The number of carbonyl (C=O) groups excluding carboxylic acids is 1. The van der Waals surface area contributed by atoms with Gasteiger partial charge in [0.2, 0.25) is 5.91 Å². The van der Waals surface area contributed by atoms with Crippen molar-refractivity contribution in [3.63, 3.8) is 0 Å². The van der Waals surface area contributed by atoms with E-state index in [2.05, 4.69) is 15.5 Å². The fourth-order valence-corrected chi connectivity index (χ4v) is 3.46. The summed E-state index contributed by atoms with van der Waals surface area (Å²) in [7, 11) is 3.54. The second-order valence-electron chi connectivity index (χ2n) is 6.06. The van der Waals surface area contributed by atoms with Crippen molar-refractivity contribution in [1.29, 1.82) is 0 Å². The summed E-state index contributed by atoms with van der Waals surface area (Å²) in [4.78, 5) is 12.2. The number of nitrogens with one attached hydrogen (secondary N) is 1. The lowest BCUT2D eigenvalue weighted by molar-refractivity contribution is -0.118. The molecule has 0 saturated carbocycles. The third-order valence-electron chi connectivity index (χ3n) is 4.22. The summed E-state index contributed by atoms with van der Waals surface area (Å²) in [6.45, 7) is 2.47. The molecule has 1 heterocycles. The van der Waals surface area contributed by atoms with Crippen LogP contribution in [0.25, 0.3) is 11.4 Å². The predicted molar refractivity (Wildman–Crippen MR) is 107 cm³/mol. The number of ether oxygens (including phenoxy) is 1. The number of hydrogen-bond donors (Lipinski definition) is 1. The van der Waals surface area contributed by atoms with E-state index >= 15 is 0 Å². The molecule has 1 N–H and O–H groups in total. The first-order valence-electron chi connectivity index (χ1n) is 8.57. The predicted octanol–water partition coefficient (Wildman–Crippen LogP) is 3.21. The molecule has 0 bridgehead atoms.